The van der Waals surface area contributed by atoms with Gasteiger partial charge in [0.15, 0.2) is 0 Å². The molecule has 0 spiro atoms. The van der Waals surface area contributed by atoms with Gasteiger partial charge in [-0.15, -0.1) is 0 Å². The van der Waals surface area contributed by atoms with Crippen LogP contribution in [-0.2, 0) is 6.42 Å². The van der Waals surface area contributed by atoms with Gasteiger partial charge >= 0.3 is 0 Å². The van der Waals surface area contributed by atoms with Crippen LogP contribution in [0.3, 0.4) is 0 Å². The highest BCUT2D eigenvalue weighted by Gasteiger charge is 2.35. The number of hydrogen-bond donors (Lipinski definition) is 1. The standard InChI is InChI=1S/C18H26N2O/c1-13-6-7-18-14(10-13)11-15(21-18)12-20-9-3-5-17(20)16-4-2-8-19-16/h6-7,10,15-17,19H,2-5,8-9,11-12H2,1H3. The van der Waals surface area contributed by atoms with Gasteiger partial charge < -0.3 is 10.1 Å². The molecule has 1 aromatic rings. The molecule has 3 aliphatic heterocycles. The summed E-state index contributed by atoms with van der Waals surface area (Å²) in [5.74, 6) is 1.11. The van der Waals surface area contributed by atoms with Crippen LogP contribution >= 0.6 is 0 Å². The Morgan fingerprint density at radius 1 is 1.29 bits per heavy atom. The van der Waals surface area contributed by atoms with Gasteiger partial charge in [0.2, 0.25) is 0 Å². The van der Waals surface area contributed by atoms with E-state index in [9.17, 15) is 0 Å². The Bertz CT molecular complexity index is 510. The summed E-state index contributed by atoms with van der Waals surface area (Å²) in [6.45, 7) is 5.71. The Hall–Kier alpha value is -1.06. The van der Waals surface area contributed by atoms with Crippen LogP contribution in [0.15, 0.2) is 18.2 Å². The molecule has 2 saturated heterocycles. The van der Waals surface area contributed by atoms with Gasteiger partial charge in [-0.05, 0) is 57.3 Å². The second kappa shape index (κ2) is 5.62. The third kappa shape index (κ3) is 2.69. The Labute approximate surface area is 127 Å². The maximum Gasteiger partial charge on any atom is 0.123 e. The molecule has 3 unspecified atom stereocenters. The summed E-state index contributed by atoms with van der Waals surface area (Å²) >= 11 is 0. The van der Waals surface area contributed by atoms with Crippen LogP contribution in [0.25, 0.3) is 0 Å². The highest BCUT2D eigenvalue weighted by atomic mass is 16.5. The van der Waals surface area contributed by atoms with Gasteiger partial charge in [0.25, 0.3) is 0 Å². The zero-order chi connectivity index (χ0) is 14.2. The van der Waals surface area contributed by atoms with E-state index in [0.717, 1.165) is 30.8 Å². The SMILES string of the molecule is Cc1ccc2c(c1)CC(CN1CCCC1C1CCCN1)O2. The lowest BCUT2D eigenvalue weighted by atomic mass is 10.0. The molecule has 21 heavy (non-hydrogen) atoms. The summed E-state index contributed by atoms with van der Waals surface area (Å²) in [5, 5.41) is 3.70. The van der Waals surface area contributed by atoms with E-state index in [2.05, 4.69) is 35.3 Å². The summed E-state index contributed by atoms with van der Waals surface area (Å²) in [6.07, 6.45) is 6.84. The lowest BCUT2D eigenvalue weighted by molar-refractivity contribution is 0.128. The molecule has 0 saturated carbocycles. The smallest absolute Gasteiger partial charge is 0.123 e. The van der Waals surface area contributed by atoms with Crippen molar-refractivity contribution >= 4 is 0 Å². The summed E-state index contributed by atoms with van der Waals surface area (Å²) in [7, 11) is 0. The van der Waals surface area contributed by atoms with Gasteiger partial charge in [0.05, 0.1) is 0 Å². The van der Waals surface area contributed by atoms with Crippen LogP contribution in [-0.4, -0.2) is 42.7 Å². The molecule has 1 N–H and O–H groups in total. The fourth-order valence-electron chi connectivity index (χ4n) is 4.39. The number of fused-ring (bicyclic) bond motifs is 1. The predicted octanol–water partition coefficient (Wildman–Crippen LogP) is 2.51. The molecular weight excluding hydrogens is 260 g/mol. The third-order valence-electron chi connectivity index (χ3n) is 5.37. The number of benzene rings is 1. The van der Waals surface area contributed by atoms with E-state index < -0.39 is 0 Å². The fraction of sp³-hybridized carbons (Fsp3) is 0.667. The maximum absolute atomic E-state index is 6.17. The zero-order valence-corrected chi connectivity index (χ0v) is 13.0. The first-order valence-corrected chi connectivity index (χ1v) is 8.53. The first-order valence-electron chi connectivity index (χ1n) is 8.53. The lowest BCUT2D eigenvalue weighted by Crippen LogP contribution is -2.47. The minimum atomic E-state index is 0.351. The molecule has 3 nitrogen and oxygen atoms in total. The van der Waals surface area contributed by atoms with Crippen molar-refractivity contribution in [2.75, 3.05) is 19.6 Å². The maximum atomic E-state index is 6.17. The first kappa shape index (κ1) is 13.6. The number of aryl methyl sites for hydroxylation is 1. The molecule has 0 aliphatic carbocycles. The van der Waals surface area contributed by atoms with Crippen LogP contribution < -0.4 is 10.1 Å². The Morgan fingerprint density at radius 3 is 3.10 bits per heavy atom. The zero-order valence-electron chi connectivity index (χ0n) is 13.0. The number of likely N-dealkylation sites (tertiary alicyclic amines) is 1. The van der Waals surface area contributed by atoms with Crippen LogP contribution in [0, 0.1) is 6.92 Å². The highest BCUT2D eigenvalue weighted by molar-refractivity contribution is 5.40. The quantitative estimate of drug-likeness (QED) is 0.924. The van der Waals surface area contributed by atoms with E-state index in [0.29, 0.717) is 6.10 Å². The van der Waals surface area contributed by atoms with E-state index >= 15 is 0 Å². The molecule has 3 atom stereocenters. The van der Waals surface area contributed by atoms with E-state index in [1.165, 1.54) is 49.9 Å². The normalized spacial score (nSPS) is 32.3. The van der Waals surface area contributed by atoms with Crippen LogP contribution in [0.1, 0.15) is 36.8 Å². The summed E-state index contributed by atoms with van der Waals surface area (Å²) < 4.78 is 6.17. The second-order valence-electron chi connectivity index (χ2n) is 6.96. The summed E-state index contributed by atoms with van der Waals surface area (Å²) in [6, 6.07) is 8.04. The summed E-state index contributed by atoms with van der Waals surface area (Å²) in [4.78, 5) is 2.69. The Kier molecular flexibility index (Phi) is 3.64. The van der Waals surface area contributed by atoms with Gasteiger partial charge in [-0.25, -0.2) is 0 Å². The molecule has 114 valence electrons. The summed E-state index contributed by atoms with van der Waals surface area (Å²) in [5.41, 5.74) is 2.74. The molecule has 0 bridgehead atoms. The molecule has 0 radical (unpaired) electrons. The molecular formula is C18H26N2O. The first-order chi connectivity index (χ1) is 10.3. The molecule has 4 rings (SSSR count). The molecule has 1 aromatic carbocycles. The van der Waals surface area contributed by atoms with Crippen molar-refractivity contribution in [2.45, 2.75) is 57.2 Å². The number of hydrogen-bond acceptors (Lipinski definition) is 3. The van der Waals surface area contributed by atoms with Crippen molar-refractivity contribution in [1.29, 1.82) is 0 Å². The molecule has 0 aromatic heterocycles. The van der Waals surface area contributed by atoms with Crippen molar-refractivity contribution in [3.63, 3.8) is 0 Å². The van der Waals surface area contributed by atoms with Gasteiger partial charge in [0.1, 0.15) is 11.9 Å². The van der Waals surface area contributed by atoms with E-state index in [1.807, 2.05) is 0 Å². The number of nitrogens with one attached hydrogen (secondary N) is 1. The Balaban J connectivity index is 1.40. The van der Waals surface area contributed by atoms with Crippen LogP contribution in [0.4, 0.5) is 0 Å². The number of nitrogens with zero attached hydrogens (tertiary/aromatic N) is 1. The van der Waals surface area contributed by atoms with Gasteiger partial charge in [-0.2, -0.15) is 0 Å². The van der Waals surface area contributed by atoms with Gasteiger partial charge in [0, 0.05) is 25.0 Å². The minimum absolute atomic E-state index is 0.351. The molecule has 2 fully saturated rings. The molecule has 3 heteroatoms. The van der Waals surface area contributed by atoms with Crippen molar-refractivity contribution in [3.8, 4) is 5.75 Å². The average Bonchev–Trinajstić information content (AvgIpc) is 3.16. The predicted molar refractivity (Wildman–Crippen MR) is 84.9 cm³/mol. The van der Waals surface area contributed by atoms with E-state index in [1.54, 1.807) is 0 Å². The van der Waals surface area contributed by atoms with Crippen LogP contribution in [0.2, 0.25) is 0 Å². The van der Waals surface area contributed by atoms with E-state index in [-0.39, 0.29) is 0 Å². The minimum Gasteiger partial charge on any atom is -0.488 e. The monoisotopic (exact) mass is 286 g/mol. The topological polar surface area (TPSA) is 24.5 Å². The molecule has 3 aliphatic rings. The fourth-order valence-corrected chi connectivity index (χ4v) is 4.39. The van der Waals surface area contributed by atoms with Crippen molar-refractivity contribution < 1.29 is 4.74 Å². The van der Waals surface area contributed by atoms with Crippen molar-refractivity contribution in [1.82, 2.24) is 10.2 Å². The van der Waals surface area contributed by atoms with Crippen LogP contribution in [0.5, 0.6) is 5.75 Å². The number of ether oxygens (including phenoxy) is 1. The molecule has 3 heterocycles. The lowest BCUT2D eigenvalue weighted by Gasteiger charge is -2.31. The van der Waals surface area contributed by atoms with Crippen molar-refractivity contribution in [2.24, 2.45) is 0 Å². The van der Waals surface area contributed by atoms with E-state index in [4.69, 9.17) is 4.74 Å². The van der Waals surface area contributed by atoms with Gasteiger partial charge in [-0.3, -0.25) is 4.90 Å². The third-order valence-corrected chi connectivity index (χ3v) is 5.37. The molecule has 0 amide bonds. The average molecular weight is 286 g/mol. The largest absolute Gasteiger partial charge is 0.488 e. The van der Waals surface area contributed by atoms with Gasteiger partial charge in [-0.1, -0.05) is 17.7 Å². The Morgan fingerprint density at radius 2 is 2.24 bits per heavy atom. The van der Waals surface area contributed by atoms with Crippen molar-refractivity contribution in [3.05, 3.63) is 29.3 Å². The highest BCUT2D eigenvalue weighted by Crippen LogP contribution is 2.32. The number of rotatable bonds is 3. The second-order valence-corrected chi connectivity index (χ2v) is 6.96.